The largest absolute Gasteiger partial charge is 0.461 e. The second kappa shape index (κ2) is 13.5. The molecule has 12 rings (SSSR count). The fraction of sp³-hybridized carbons (Fsp3) is 0.0182. The van der Waals surface area contributed by atoms with Crippen molar-refractivity contribution in [3.8, 4) is 61.8 Å². The molecule has 0 unspecified atom stereocenters. The predicted molar refractivity (Wildman–Crippen MR) is 245 cm³/mol. The fourth-order valence-corrected chi connectivity index (χ4v) is 8.93. The van der Waals surface area contributed by atoms with Crippen molar-refractivity contribution in [3.05, 3.63) is 200 Å². The number of benzene rings is 8. The highest BCUT2D eigenvalue weighted by Crippen LogP contribution is 2.41. The van der Waals surface area contributed by atoms with Crippen molar-refractivity contribution in [1.82, 2.24) is 14.5 Å². The van der Waals surface area contributed by atoms with Crippen molar-refractivity contribution in [2.24, 2.45) is 0 Å². The summed E-state index contributed by atoms with van der Waals surface area (Å²) in [5.41, 5.74) is 15.1. The summed E-state index contributed by atoms with van der Waals surface area (Å²) in [6.45, 7) is 1.99. The second-order valence-electron chi connectivity index (χ2n) is 15.4. The van der Waals surface area contributed by atoms with Crippen LogP contribution in [0.4, 0.5) is 0 Å². The third kappa shape index (κ3) is 5.55. The molecule has 0 saturated carbocycles. The van der Waals surface area contributed by atoms with Crippen LogP contribution < -0.4 is 0 Å². The molecule has 12 aromatic rings. The van der Waals surface area contributed by atoms with Crippen molar-refractivity contribution < 1.29 is 8.83 Å². The first-order valence-corrected chi connectivity index (χ1v) is 20.2. The van der Waals surface area contributed by atoms with Crippen LogP contribution in [0.15, 0.2) is 203 Å². The third-order valence-corrected chi connectivity index (χ3v) is 11.7. The highest BCUT2D eigenvalue weighted by atomic mass is 16.3. The number of hydrogen-bond acceptors (Lipinski definition) is 4. The fourth-order valence-electron chi connectivity index (χ4n) is 8.93. The molecule has 0 radical (unpaired) electrons. The number of fused-ring (bicyclic) bond motifs is 7. The van der Waals surface area contributed by atoms with Gasteiger partial charge in [0.05, 0.1) is 28.0 Å². The number of rotatable bonds is 6. The summed E-state index contributed by atoms with van der Waals surface area (Å²) in [5.74, 6) is 1.46. The molecule has 4 aromatic heterocycles. The molecule has 60 heavy (non-hydrogen) atoms. The van der Waals surface area contributed by atoms with Gasteiger partial charge in [-0.25, -0.2) is 9.97 Å². The number of aryl methyl sites for hydroxylation is 1. The molecule has 5 nitrogen and oxygen atoms in total. The van der Waals surface area contributed by atoms with Gasteiger partial charge in [0.1, 0.15) is 22.5 Å². The van der Waals surface area contributed by atoms with E-state index in [0.717, 1.165) is 106 Å². The van der Waals surface area contributed by atoms with E-state index in [2.05, 4.69) is 144 Å². The molecule has 0 spiro atoms. The molecule has 5 heteroatoms. The molecule has 0 aliphatic heterocycles. The molecule has 0 bridgehead atoms. The van der Waals surface area contributed by atoms with Crippen molar-refractivity contribution in [3.63, 3.8) is 0 Å². The van der Waals surface area contributed by atoms with Gasteiger partial charge in [-0.15, -0.1) is 0 Å². The number of furan rings is 2. The Morgan fingerprint density at radius 2 is 1.07 bits per heavy atom. The van der Waals surface area contributed by atoms with Gasteiger partial charge in [0.2, 0.25) is 0 Å². The maximum atomic E-state index is 6.40. The number of nitrogens with zero attached hydrogens (tertiary/aromatic N) is 3. The van der Waals surface area contributed by atoms with Gasteiger partial charge in [0.25, 0.3) is 0 Å². The molecular weight excluding hydrogens is 735 g/mol. The van der Waals surface area contributed by atoms with E-state index >= 15 is 0 Å². The molecule has 0 atom stereocenters. The maximum Gasteiger partial charge on any atom is 0.164 e. The monoisotopic (exact) mass is 769 g/mol. The molecule has 0 aliphatic rings. The first-order valence-electron chi connectivity index (χ1n) is 20.2. The zero-order valence-electron chi connectivity index (χ0n) is 32.6. The SMILES string of the molecule is Cc1cc2cc(-c3ccc4c(c3)c3ccccc3n4-c3ccc(-c4cccc5oc6ccccc6c45)cc3)cc(-c3nc(-c4ccccc4)cc(-c4ccccc4)n3)c2o1. The molecule has 0 aliphatic carbocycles. The Morgan fingerprint density at radius 3 is 1.83 bits per heavy atom. The Bertz CT molecular complexity index is 3540. The van der Waals surface area contributed by atoms with Gasteiger partial charge in [-0.2, -0.15) is 0 Å². The van der Waals surface area contributed by atoms with Crippen molar-refractivity contribution in [2.75, 3.05) is 0 Å². The van der Waals surface area contributed by atoms with Crippen LogP contribution in [-0.2, 0) is 0 Å². The summed E-state index contributed by atoms with van der Waals surface area (Å²) >= 11 is 0. The van der Waals surface area contributed by atoms with Gasteiger partial charge in [-0.1, -0.05) is 127 Å². The third-order valence-electron chi connectivity index (χ3n) is 11.7. The number of para-hydroxylation sites is 2. The minimum Gasteiger partial charge on any atom is -0.461 e. The van der Waals surface area contributed by atoms with Crippen LogP contribution >= 0.6 is 0 Å². The van der Waals surface area contributed by atoms with E-state index in [1.54, 1.807) is 0 Å². The lowest BCUT2D eigenvalue weighted by Crippen LogP contribution is -1.96. The second-order valence-corrected chi connectivity index (χ2v) is 15.4. The Hall–Kier alpha value is -8.02. The van der Waals surface area contributed by atoms with Crippen LogP contribution in [0, 0.1) is 6.92 Å². The van der Waals surface area contributed by atoms with Gasteiger partial charge in [-0.3, -0.25) is 0 Å². The zero-order valence-corrected chi connectivity index (χ0v) is 32.6. The molecule has 0 amide bonds. The minimum absolute atomic E-state index is 0.620. The molecule has 8 aromatic carbocycles. The van der Waals surface area contributed by atoms with E-state index in [0.29, 0.717) is 5.82 Å². The smallest absolute Gasteiger partial charge is 0.164 e. The van der Waals surface area contributed by atoms with Gasteiger partial charge >= 0.3 is 0 Å². The normalized spacial score (nSPS) is 11.8. The zero-order chi connectivity index (χ0) is 39.7. The molecule has 4 heterocycles. The average molecular weight is 770 g/mol. The van der Waals surface area contributed by atoms with Crippen LogP contribution in [0.25, 0.3) is 117 Å². The molecular formula is C55H35N3O2. The summed E-state index contributed by atoms with van der Waals surface area (Å²) < 4.78 is 15.0. The highest BCUT2D eigenvalue weighted by molar-refractivity contribution is 6.13. The van der Waals surface area contributed by atoms with Gasteiger partial charge in [-0.05, 0) is 95.9 Å². The average Bonchev–Trinajstić information content (AvgIpc) is 3.99. The molecule has 0 saturated heterocycles. The molecule has 0 fully saturated rings. The number of aromatic nitrogens is 3. The van der Waals surface area contributed by atoms with E-state index < -0.39 is 0 Å². The standard InChI is InChI=1S/C55H35N3O2/c1-34-29-40-30-39(32-46(54(40)59-34)55-56-47(36-13-4-2-5-14-36)33-48(57-55)37-15-6-3-7-16-37)38-25-28-50-45(31-38)43-17-8-10-20-49(43)58(50)41-26-23-35(24-27-41)42-19-12-22-52-53(42)44-18-9-11-21-51(44)60-52/h2-33H,1H3. The lowest BCUT2D eigenvalue weighted by atomic mass is 9.98. The van der Waals surface area contributed by atoms with Crippen LogP contribution in [-0.4, -0.2) is 14.5 Å². The van der Waals surface area contributed by atoms with Crippen LogP contribution in [0.3, 0.4) is 0 Å². The van der Waals surface area contributed by atoms with Crippen molar-refractivity contribution >= 4 is 54.7 Å². The Kier molecular flexibility index (Phi) is 7.69. The van der Waals surface area contributed by atoms with E-state index in [9.17, 15) is 0 Å². The molecule has 0 N–H and O–H groups in total. The highest BCUT2D eigenvalue weighted by Gasteiger charge is 2.20. The van der Waals surface area contributed by atoms with E-state index in [-0.39, 0.29) is 0 Å². The van der Waals surface area contributed by atoms with Crippen molar-refractivity contribution in [2.45, 2.75) is 6.92 Å². The first kappa shape index (κ1) is 34.1. The predicted octanol–water partition coefficient (Wildman–Crippen LogP) is 14.9. The van der Waals surface area contributed by atoms with Gasteiger partial charge in [0.15, 0.2) is 5.82 Å². The summed E-state index contributed by atoms with van der Waals surface area (Å²) in [4.78, 5) is 10.4. The first-order chi connectivity index (χ1) is 29.6. The van der Waals surface area contributed by atoms with E-state index in [1.807, 2.05) is 61.5 Å². The summed E-state index contributed by atoms with van der Waals surface area (Å²) in [5, 5.41) is 5.66. The Labute approximate surface area is 345 Å². The lowest BCUT2D eigenvalue weighted by Gasteiger charge is -2.12. The van der Waals surface area contributed by atoms with Crippen LogP contribution in [0.5, 0.6) is 0 Å². The summed E-state index contributed by atoms with van der Waals surface area (Å²) in [7, 11) is 0. The summed E-state index contributed by atoms with van der Waals surface area (Å²) in [6.07, 6.45) is 0. The van der Waals surface area contributed by atoms with E-state index in [4.69, 9.17) is 18.8 Å². The van der Waals surface area contributed by atoms with Crippen LogP contribution in [0.1, 0.15) is 5.76 Å². The Morgan fingerprint density at radius 1 is 0.417 bits per heavy atom. The number of hydrogen-bond donors (Lipinski definition) is 0. The Balaban J connectivity index is 0.994. The quantitative estimate of drug-likeness (QED) is 0.169. The van der Waals surface area contributed by atoms with Gasteiger partial charge < -0.3 is 13.4 Å². The topological polar surface area (TPSA) is 57.0 Å². The maximum absolute atomic E-state index is 6.40. The van der Waals surface area contributed by atoms with Gasteiger partial charge in [0, 0.05) is 43.7 Å². The van der Waals surface area contributed by atoms with Crippen LogP contribution in [0.2, 0.25) is 0 Å². The molecule has 282 valence electrons. The van der Waals surface area contributed by atoms with Crippen molar-refractivity contribution in [1.29, 1.82) is 0 Å². The lowest BCUT2D eigenvalue weighted by molar-refractivity contribution is 0.579. The van der Waals surface area contributed by atoms with E-state index in [1.165, 1.54) is 10.8 Å². The summed E-state index contributed by atoms with van der Waals surface area (Å²) in [6, 6.07) is 68.1. The minimum atomic E-state index is 0.620.